The molecular formula is C33H42O5. The zero-order chi connectivity index (χ0) is 28.7. The van der Waals surface area contributed by atoms with E-state index in [0.29, 0.717) is 11.5 Å². The third-order valence-corrected chi connectivity index (χ3v) is 5.88. The summed E-state index contributed by atoms with van der Waals surface area (Å²) in [6.45, 7) is 15.4. The molecule has 2 aromatic carbocycles. The van der Waals surface area contributed by atoms with E-state index in [0.717, 1.165) is 41.5 Å². The molecule has 1 aliphatic carbocycles. The fraction of sp³-hybridized carbons (Fsp3) is 0.303. The molecule has 0 spiro atoms. The van der Waals surface area contributed by atoms with Crippen LogP contribution < -0.4 is 9.47 Å². The number of hydrogen-bond donors (Lipinski definition) is 2. The number of aromatic hydroxyl groups is 2. The SMILES string of the molecule is C/C=C/C(=O)C1=C(C)C=CCC1(C)C.C=CCc1ccc(O)c(OC)c1.C=CCc1ccc(O)c(OC)c1. The molecular weight excluding hydrogens is 476 g/mol. The summed E-state index contributed by atoms with van der Waals surface area (Å²) in [5, 5.41) is 18.5. The van der Waals surface area contributed by atoms with Crippen LogP contribution >= 0.6 is 0 Å². The lowest BCUT2D eigenvalue weighted by atomic mass is 9.74. The number of methoxy groups -OCH3 is 2. The number of ketones is 1. The molecule has 0 bridgehead atoms. The molecule has 3 rings (SSSR count). The first-order chi connectivity index (χ1) is 18.0. The fourth-order valence-corrected chi connectivity index (χ4v) is 4.04. The Balaban J connectivity index is 0.000000286. The lowest BCUT2D eigenvalue weighted by Crippen LogP contribution is -2.23. The predicted octanol–water partition coefficient (Wildman–Crippen LogP) is 7.69. The number of hydrogen-bond acceptors (Lipinski definition) is 5. The minimum absolute atomic E-state index is 0.0184. The second kappa shape index (κ2) is 16.0. The van der Waals surface area contributed by atoms with E-state index in [9.17, 15) is 15.0 Å². The zero-order valence-electron chi connectivity index (χ0n) is 23.6. The van der Waals surface area contributed by atoms with Gasteiger partial charge in [-0.3, -0.25) is 4.79 Å². The highest BCUT2D eigenvalue weighted by Gasteiger charge is 2.29. The molecule has 1 aliphatic rings. The van der Waals surface area contributed by atoms with Crippen LogP contribution in [0.4, 0.5) is 0 Å². The summed E-state index contributed by atoms with van der Waals surface area (Å²) in [5.41, 5.74) is 4.21. The Morgan fingerprint density at radius 3 is 1.79 bits per heavy atom. The van der Waals surface area contributed by atoms with Gasteiger partial charge in [0.15, 0.2) is 28.8 Å². The number of carbonyl (C=O) groups is 1. The molecule has 5 nitrogen and oxygen atoms in total. The van der Waals surface area contributed by atoms with Crippen molar-refractivity contribution in [3.05, 3.63) is 108 Å². The summed E-state index contributed by atoms with van der Waals surface area (Å²) in [6, 6.07) is 10.5. The quantitative estimate of drug-likeness (QED) is 0.277. The van der Waals surface area contributed by atoms with Crippen LogP contribution in [0.2, 0.25) is 0 Å². The summed E-state index contributed by atoms with van der Waals surface area (Å²) in [6.07, 6.45) is 13.8. The van der Waals surface area contributed by atoms with Gasteiger partial charge in [-0.05, 0) is 85.6 Å². The Kier molecular flexibility index (Phi) is 13.5. The van der Waals surface area contributed by atoms with Crippen molar-refractivity contribution in [1.29, 1.82) is 0 Å². The number of phenolic OH excluding ortho intramolecular Hbond substituents is 2. The van der Waals surface area contributed by atoms with Gasteiger partial charge in [0.25, 0.3) is 0 Å². The second-order valence-corrected chi connectivity index (χ2v) is 9.41. The number of benzene rings is 2. The molecule has 2 N–H and O–H groups in total. The largest absolute Gasteiger partial charge is 0.504 e. The van der Waals surface area contributed by atoms with E-state index in [1.165, 1.54) is 14.2 Å². The Morgan fingerprint density at radius 2 is 1.42 bits per heavy atom. The van der Waals surface area contributed by atoms with Crippen LogP contribution in [-0.4, -0.2) is 30.2 Å². The maximum Gasteiger partial charge on any atom is 0.182 e. The summed E-state index contributed by atoms with van der Waals surface area (Å²) in [5.74, 6) is 1.51. The van der Waals surface area contributed by atoms with Gasteiger partial charge in [0.2, 0.25) is 0 Å². The molecule has 0 heterocycles. The topological polar surface area (TPSA) is 76.0 Å². The molecule has 0 atom stereocenters. The van der Waals surface area contributed by atoms with Gasteiger partial charge in [-0.1, -0.05) is 56.4 Å². The van der Waals surface area contributed by atoms with Gasteiger partial charge in [-0.2, -0.15) is 0 Å². The number of rotatable bonds is 8. The molecule has 38 heavy (non-hydrogen) atoms. The summed E-state index contributed by atoms with van der Waals surface area (Å²) in [7, 11) is 3.07. The van der Waals surface area contributed by atoms with Crippen LogP contribution in [0.1, 0.15) is 45.2 Å². The molecule has 0 aromatic heterocycles. The fourth-order valence-electron chi connectivity index (χ4n) is 4.04. The van der Waals surface area contributed by atoms with Crippen molar-refractivity contribution in [3.63, 3.8) is 0 Å². The Hall–Kier alpha value is -3.99. The first kappa shape index (κ1) is 32.0. The van der Waals surface area contributed by atoms with E-state index in [-0.39, 0.29) is 22.7 Å². The van der Waals surface area contributed by atoms with Crippen LogP contribution in [-0.2, 0) is 17.6 Å². The van der Waals surface area contributed by atoms with Crippen molar-refractivity contribution < 1.29 is 24.5 Å². The summed E-state index contributed by atoms with van der Waals surface area (Å²) in [4.78, 5) is 11.8. The van der Waals surface area contributed by atoms with E-state index < -0.39 is 0 Å². The van der Waals surface area contributed by atoms with Crippen molar-refractivity contribution in [2.75, 3.05) is 14.2 Å². The van der Waals surface area contributed by atoms with E-state index in [1.54, 1.807) is 36.4 Å². The lowest BCUT2D eigenvalue weighted by Gasteiger charge is -2.29. The summed E-state index contributed by atoms with van der Waals surface area (Å²) >= 11 is 0. The van der Waals surface area contributed by atoms with E-state index >= 15 is 0 Å². The van der Waals surface area contributed by atoms with Crippen molar-refractivity contribution in [1.82, 2.24) is 0 Å². The molecule has 0 fully saturated rings. The van der Waals surface area contributed by atoms with Gasteiger partial charge in [0.1, 0.15) is 0 Å². The number of phenols is 2. The van der Waals surface area contributed by atoms with Crippen LogP contribution in [0.25, 0.3) is 0 Å². The molecule has 5 heteroatoms. The van der Waals surface area contributed by atoms with Gasteiger partial charge in [0.05, 0.1) is 14.2 Å². The van der Waals surface area contributed by atoms with E-state index in [2.05, 4.69) is 33.1 Å². The molecule has 0 saturated heterocycles. The Morgan fingerprint density at radius 1 is 0.947 bits per heavy atom. The third kappa shape index (κ3) is 9.81. The minimum atomic E-state index is -0.0184. The lowest BCUT2D eigenvalue weighted by molar-refractivity contribution is -0.112. The smallest absolute Gasteiger partial charge is 0.182 e. The monoisotopic (exact) mass is 518 g/mol. The number of ether oxygens (including phenoxy) is 2. The molecule has 0 aliphatic heterocycles. The first-order valence-electron chi connectivity index (χ1n) is 12.5. The molecule has 0 amide bonds. The standard InChI is InChI=1S/C13H18O.2C10H12O2/c1-5-7-11(14)12-10(2)8-6-9-13(12,3)4;2*1-3-4-8-5-6-9(11)10(7-8)12-2/h5-8H,9H2,1-4H3;2*3,5-7,11H,1,4H2,2H3/b7-5+;;. The normalized spacial score (nSPS) is 13.5. The highest BCUT2D eigenvalue weighted by molar-refractivity contribution is 6.05. The van der Waals surface area contributed by atoms with E-state index in [1.807, 2.05) is 44.2 Å². The number of carbonyl (C=O) groups excluding carboxylic acids is 1. The minimum Gasteiger partial charge on any atom is -0.504 e. The van der Waals surface area contributed by atoms with Crippen molar-refractivity contribution in [2.24, 2.45) is 5.41 Å². The molecule has 2 aromatic rings. The number of allylic oxidation sites excluding steroid dienone is 8. The van der Waals surface area contributed by atoms with Crippen LogP contribution in [0, 0.1) is 5.41 Å². The molecule has 204 valence electrons. The van der Waals surface area contributed by atoms with Crippen LogP contribution in [0.5, 0.6) is 23.0 Å². The van der Waals surface area contributed by atoms with Crippen LogP contribution in [0.3, 0.4) is 0 Å². The van der Waals surface area contributed by atoms with Crippen molar-refractivity contribution in [2.45, 2.75) is 47.0 Å². The maximum absolute atomic E-state index is 11.8. The van der Waals surface area contributed by atoms with Gasteiger partial charge in [-0.15, -0.1) is 13.2 Å². The van der Waals surface area contributed by atoms with Gasteiger partial charge in [-0.25, -0.2) is 0 Å². The van der Waals surface area contributed by atoms with Crippen LogP contribution in [0.15, 0.2) is 97.2 Å². The van der Waals surface area contributed by atoms with Crippen molar-refractivity contribution in [3.8, 4) is 23.0 Å². The summed E-state index contributed by atoms with van der Waals surface area (Å²) < 4.78 is 9.90. The average molecular weight is 519 g/mol. The zero-order valence-corrected chi connectivity index (χ0v) is 23.6. The van der Waals surface area contributed by atoms with E-state index in [4.69, 9.17) is 9.47 Å². The molecule has 0 unspecified atom stereocenters. The molecule has 0 saturated carbocycles. The van der Waals surface area contributed by atoms with Gasteiger partial charge in [0, 0.05) is 5.57 Å². The van der Waals surface area contributed by atoms with Gasteiger partial charge >= 0.3 is 0 Å². The molecule has 0 radical (unpaired) electrons. The highest BCUT2D eigenvalue weighted by atomic mass is 16.5. The maximum atomic E-state index is 11.8. The Bertz CT molecular complexity index is 1120. The highest BCUT2D eigenvalue weighted by Crippen LogP contribution is 2.37. The van der Waals surface area contributed by atoms with Gasteiger partial charge < -0.3 is 19.7 Å². The first-order valence-corrected chi connectivity index (χ1v) is 12.5. The second-order valence-electron chi connectivity index (χ2n) is 9.41. The predicted molar refractivity (Wildman–Crippen MR) is 157 cm³/mol. The third-order valence-electron chi connectivity index (χ3n) is 5.88. The Labute approximate surface area is 228 Å². The van der Waals surface area contributed by atoms with Crippen molar-refractivity contribution >= 4 is 5.78 Å². The average Bonchev–Trinajstić information content (AvgIpc) is 2.87.